The second-order valence-electron chi connectivity index (χ2n) is 3.60. The molecule has 5 nitrogen and oxygen atoms in total. The monoisotopic (exact) mass is 270 g/mol. The van der Waals surface area contributed by atoms with Crippen molar-refractivity contribution >= 4 is 15.7 Å². The van der Waals surface area contributed by atoms with Crippen molar-refractivity contribution in [1.29, 1.82) is 5.26 Å². The van der Waals surface area contributed by atoms with Gasteiger partial charge in [0.15, 0.2) is 9.84 Å². The number of benzene rings is 1. The van der Waals surface area contributed by atoms with Gasteiger partial charge < -0.3 is 5.32 Å². The number of hydrogen-bond donors (Lipinski definition) is 1. The molecule has 0 spiro atoms. The van der Waals surface area contributed by atoms with Crippen LogP contribution in [0.2, 0.25) is 0 Å². The Morgan fingerprint density at radius 2 is 2.17 bits per heavy atom. The number of nitrogens with one attached hydrogen (secondary N) is 1. The molecule has 0 aliphatic carbocycles. The van der Waals surface area contributed by atoms with E-state index in [1.807, 2.05) is 0 Å². The first kappa shape index (κ1) is 14.1. The summed E-state index contributed by atoms with van der Waals surface area (Å²) in [5.41, 5.74) is -0.333. The summed E-state index contributed by atoms with van der Waals surface area (Å²) in [7, 11) is -2.44. The van der Waals surface area contributed by atoms with Crippen LogP contribution < -0.4 is 5.32 Å². The van der Waals surface area contributed by atoms with E-state index in [1.54, 1.807) is 6.07 Å². The van der Waals surface area contributed by atoms with Crippen molar-refractivity contribution in [2.45, 2.75) is 5.75 Å². The van der Waals surface area contributed by atoms with E-state index >= 15 is 0 Å². The second kappa shape index (κ2) is 5.60. The molecule has 1 aromatic carbocycles. The molecule has 0 saturated carbocycles. The van der Waals surface area contributed by atoms with E-state index in [0.29, 0.717) is 0 Å². The lowest BCUT2D eigenvalue weighted by molar-refractivity contribution is -0.118. The van der Waals surface area contributed by atoms with Crippen molar-refractivity contribution in [2.24, 2.45) is 0 Å². The van der Waals surface area contributed by atoms with Crippen LogP contribution in [0, 0.1) is 17.1 Å². The summed E-state index contributed by atoms with van der Waals surface area (Å²) in [5.74, 6) is -2.84. The summed E-state index contributed by atoms with van der Waals surface area (Å²) in [6, 6.07) is 5.55. The summed E-state index contributed by atoms with van der Waals surface area (Å²) < 4.78 is 36.9. The van der Waals surface area contributed by atoms with Crippen molar-refractivity contribution in [3.8, 4) is 6.07 Å². The van der Waals surface area contributed by atoms with Crippen LogP contribution in [0.1, 0.15) is 11.1 Å². The van der Waals surface area contributed by atoms with Gasteiger partial charge in [-0.15, -0.1) is 0 Å². The Morgan fingerprint density at radius 3 is 2.72 bits per heavy atom. The molecule has 1 amide bonds. The molecule has 0 fully saturated rings. The standard InChI is InChI=1S/C11H11FN2O3S/c1-14-10(15)7-18(16,17)6-9-4-2-3-8(5-13)11(9)12/h2-4H,6-7H2,1H3,(H,14,15). The highest BCUT2D eigenvalue weighted by Gasteiger charge is 2.19. The molecule has 0 atom stereocenters. The van der Waals surface area contributed by atoms with Gasteiger partial charge in [-0.3, -0.25) is 4.79 Å². The van der Waals surface area contributed by atoms with Crippen LogP contribution in [0.3, 0.4) is 0 Å². The zero-order valence-electron chi connectivity index (χ0n) is 9.60. The topological polar surface area (TPSA) is 87.0 Å². The molecule has 0 bridgehead atoms. The third-order valence-electron chi connectivity index (χ3n) is 2.20. The molecule has 1 N–H and O–H groups in total. The van der Waals surface area contributed by atoms with Crippen molar-refractivity contribution in [1.82, 2.24) is 5.32 Å². The van der Waals surface area contributed by atoms with Crippen LogP contribution in [0.4, 0.5) is 4.39 Å². The third kappa shape index (κ3) is 3.53. The molecule has 0 aliphatic heterocycles. The zero-order valence-corrected chi connectivity index (χ0v) is 10.4. The Hall–Kier alpha value is -1.94. The molecule has 0 aliphatic rings. The third-order valence-corrected chi connectivity index (χ3v) is 3.66. The molecule has 18 heavy (non-hydrogen) atoms. The van der Waals surface area contributed by atoms with Crippen LogP contribution in [0.5, 0.6) is 0 Å². The van der Waals surface area contributed by atoms with E-state index in [0.717, 1.165) is 0 Å². The van der Waals surface area contributed by atoms with Gasteiger partial charge in [0.05, 0.1) is 11.3 Å². The summed E-state index contributed by atoms with van der Waals surface area (Å²) in [6.07, 6.45) is 0. The van der Waals surface area contributed by atoms with E-state index in [4.69, 9.17) is 5.26 Å². The Kier molecular flexibility index (Phi) is 4.39. The normalized spacial score (nSPS) is 10.7. The van der Waals surface area contributed by atoms with Crippen molar-refractivity contribution in [2.75, 3.05) is 12.8 Å². The molecular weight excluding hydrogens is 259 g/mol. The van der Waals surface area contributed by atoms with Crippen molar-refractivity contribution < 1.29 is 17.6 Å². The van der Waals surface area contributed by atoms with Crippen molar-refractivity contribution in [3.63, 3.8) is 0 Å². The number of carbonyl (C=O) groups excluding carboxylic acids is 1. The van der Waals surface area contributed by atoms with Crippen LogP contribution in [-0.2, 0) is 20.4 Å². The van der Waals surface area contributed by atoms with Crippen LogP contribution in [0.15, 0.2) is 18.2 Å². The Balaban J connectivity index is 2.99. The largest absolute Gasteiger partial charge is 0.358 e. The molecular formula is C11H11FN2O3S. The average Bonchev–Trinajstić information content (AvgIpc) is 2.31. The minimum absolute atomic E-state index is 0.113. The van der Waals surface area contributed by atoms with E-state index in [9.17, 15) is 17.6 Å². The molecule has 1 rings (SSSR count). The van der Waals surface area contributed by atoms with Gasteiger partial charge in [-0.05, 0) is 6.07 Å². The SMILES string of the molecule is CNC(=O)CS(=O)(=O)Cc1cccc(C#N)c1F. The fourth-order valence-corrected chi connectivity index (χ4v) is 2.68. The van der Waals surface area contributed by atoms with E-state index < -0.39 is 33.1 Å². The van der Waals surface area contributed by atoms with Gasteiger partial charge in [-0.25, -0.2) is 12.8 Å². The van der Waals surface area contributed by atoms with Gasteiger partial charge in [0.25, 0.3) is 0 Å². The maximum Gasteiger partial charge on any atom is 0.234 e. The molecule has 0 aromatic heterocycles. The first-order valence-corrected chi connectivity index (χ1v) is 6.80. The van der Waals surface area contributed by atoms with Gasteiger partial charge >= 0.3 is 0 Å². The Labute approximate surface area is 104 Å². The number of rotatable bonds is 4. The maximum atomic E-state index is 13.6. The predicted octanol–water partition coefficient (Wildman–Crippen LogP) is 0.358. The maximum absolute atomic E-state index is 13.6. The van der Waals surface area contributed by atoms with E-state index in [2.05, 4.69) is 5.32 Å². The number of amides is 1. The molecule has 96 valence electrons. The lowest BCUT2D eigenvalue weighted by Crippen LogP contribution is -2.27. The molecule has 7 heteroatoms. The number of carbonyl (C=O) groups is 1. The zero-order chi connectivity index (χ0) is 13.8. The lowest BCUT2D eigenvalue weighted by Gasteiger charge is -2.05. The number of hydrogen-bond acceptors (Lipinski definition) is 4. The summed E-state index contributed by atoms with van der Waals surface area (Å²) in [4.78, 5) is 11.0. The number of nitrogens with zero attached hydrogens (tertiary/aromatic N) is 1. The van der Waals surface area contributed by atoms with E-state index in [1.165, 1.54) is 25.2 Å². The fraction of sp³-hybridized carbons (Fsp3) is 0.273. The number of nitriles is 1. The minimum Gasteiger partial charge on any atom is -0.358 e. The fourth-order valence-electron chi connectivity index (χ4n) is 1.34. The van der Waals surface area contributed by atoms with Gasteiger partial charge in [0.1, 0.15) is 17.6 Å². The lowest BCUT2D eigenvalue weighted by atomic mass is 10.1. The van der Waals surface area contributed by atoms with Gasteiger partial charge in [0, 0.05) is 12.6 Å². The second-order valence-corrected chi connectivity index (χ2v) is 5.66. The summed E-state index contributed by atoms with van der Waals surface area (Å²) >= 11 is 0. The van der Waals surface area contributed by atoms with Crippen LogP contribution >= 0.6 is 0 Å². The predicted molar refractivity (Wildman–Crippen MR) is 62.7 cm³/mol. The molecule has 1 aromatic rings. The first-order valence-electron chi connectivity index (χ1n) is 4.98. The molecule has 0 heterocycles. The minimum atomic E-state index is -3.75. The van der Waals surface area contributed by atoms with Gasteiger partial charge in [-0.2, -0.15) is 5.26 Å². The Morgan fingerprint density at radius 1 is 1.50 bits per heavy atom. The Bertz CT molecular complexity index is 605. The quantitative estimate of drug-likeness (QED) is 0.855. The smallest absolute Gasteiger partial charge is 0.234 e. The summed E-state index contributed by atoms with van der Waals surface area (Å²) in [6.45, 7) is 0. The molecule has 0 unspecified atom stereocenters. The molecule has 0 saturated heterocycles. The molecule has 0 radical (unpaired) electrons. The highest BCUT2D eigenvalue weighted by Crippen LogP contribution is 2.15. The average molecular weight is 270 g/mol. The van der Waals surface area contributed by atoms with Crippen LogP contribution in [0.25, 0.3) is 0 Å². The number of sulfone groups is 1. The highest BCUT2D eigenvalue weighted by molar-refractivity contribution is 7.91. The van der Waals surface area contributed by atoms with Crippen molar-refractivity contribution in [3.05, 3.63) is 35.1 Å². The highest BCUT2D eigenvalue weighted by atomic mass is 32.2. The van der Waals surface area contributed by atoms with Gasteiger partial charge in [-0.1, -0.05) is 12.1 Å². The first-order chi connectivity index (χ1) is 8.39. The summed E-state index contributed by atoms with van der Waals surface area (Å²) in [5, 5.41) is 10.8. The van der Waals surface area contributed by atoms with E-state index in [-0.39, 0.29) is 11.1 Å². The van der Waals surface area contributed by atoms with Gasteiger partial charge in [0.2, 0.25) is 5.91 Å². The number of halogens is 1. The van der Waals surface area contributed by atoms with Crippen LogP contribution in [-0.4, -0.2) is 27.1 Å².